The zero-order chi connectivity index (χ0) is 19.0. The molecule has 11 heteroatoms. The van der Waals surface area contributed by atoms with Crippen LogP contribution < -0.4 is 22.1 Å². The van der Waals surface area contributed by atoms with Crippen molar-refractivity contribution < 1.29 is 34.2 Å². The van der Waals surface area contributed by atoms with Crippen molar-refractivity contribution in [3.63, 3.8) is 0 Å². The zero-order valence-electron chi connectivity index (χ0n) is 13.3. The van der Waals surface area contributed by atoms with E-state index < -0.39 is 66.5 Å². The van der Waals surface area contributed by atoms with Gasteiger partial charge in [0.15, 0.2) is 0 Å². The third-order valence-electron chi connectivity index (χ3n) is 3.00. The lowest BCUT2D eigenvalue weighted by molar-refractivity contribution is -0.144. The molecule has 0 radical (unpaired) electrons. The Labute approximate surface area is 137 Å². The van der Waals surface area contributed by atoms with Gasteiger partial charge in [-0.1, -0.05) is 13.8 Å². The summed E-state index contributed by atoms with van der Waals surface area (Å²) in [5, 5.41) is 21.9. The molecule has 0 rings (SSSR count). The van der Waals surface area contributed by atoms with E-state index in [9.17, 15) is 24.0 Å². The van der Waals surface area contributed by atoms with Crippen LogP contribution in [0.25, 0.3) is 0 Å². The molecule has 3 unspecified atom stereocenters. The molecule has 8 N–H and O–H groups in total. The fourth-order valence-electron chi connectivity index (χ4n) is 1.74. The Bertz CT molecular complexity index is 520. The number of carboxylic acids is 2. The van der Waals surface area contributed by atoms with Gasteiger partial charge in [0.25, 0.3) is 0 Å². The van der Waals surface area contributed by atoms with E-state index in [1.807, 2.05) is 0 Å². The maximum atomic E-state index is 12.1. The first-order chi connectivity index (χ1) is 11.0. The van der Waals surface area contributed by atoms with Crippen LogP contribution >= 0.6 is 0 Å². The van der Waals surface area contributed by atoms with Gasteiger partial charge in [-0.3, -0.25) is 19.2 Å². The number of rotatable bonds is 10. The fourth-order valence-corrected chi connectivity index (χ4v) is 1.74. The second kappa shape index (κ2) is 9.45. The van der Waals surface area contributed by atoms with Crippen LogP contribution in [-0.4, -0.2) is 58.0 Å². The number of primary amides is 1. The summed E-state index contributed by atoms with van der Waals surface area (Å²) < 4.78 is 0. The zero-order valence-corrected chi connectivity index (χ0v) is 13.3. The summed E-state index contributed by atoms with van der Waals surface area (Å²) >= 11 is 0. The van der Waals surface area contributed by atoms with Crippen molar-refractivity contribution in [2.24, 2.45) is 17.4 Å². The molecule has 0 saturated carbocycles. The van der Waals surface area contributed by atoms with Gasteiger partial charge < -0.3 is 32.3 Å². The van der Waals surface area contributed by atoms with Crippen molar-refractivity contribution >= 4 is 29.7 Å². The van der Waals surface area contributed by atoms with Crippen LogP contribution in [0.4, 0.5) is 0 Å². The number of aliphatic carboxylic acids is 2. The van der Waals surface area contributed by atoms with E-state index in [-0.39, 0.29) is 0 Å². The second-order valence-electron chi connectivity index (χ2n) is 5.50. The first-order valence-electron chi connectivity index (χ1n) is 7.04. The molecular weight excluding hydrogens is 324 g/mol. The molecule has 0 heterocycles. The highest BCUT2D eigenvalue weighted by Gasteiger charge is 2.30. The molecule has 0 aliphatic carbocycles. The van der Waals surface area contributed by atoms with E-state index in [0.717, 1.165) is 0 Å². The van der Waals surface area contributed by atoms with Crippen molar-refractivity contribution in [2.75, 3.05) is 0 Å². The Hall–Kier alpha value is -2.69. The summed E-state index contributed by atoms with van der Waals surface area (Å²) in [4.78, 5) is 56.6. The smallest absolute Gasteiger partial charge is 0.326 e. The minimum atomic E-state index is -1.46. The Kier molecular flexibility index (Phi) is 8.39. The molecular formula is C13H22N4O7. The first-order valence-corrected chi connectivity index (χ1v) is 7.04. The molecule has 136 valence electrons. The third-order valence-corrected chi connectivity index (χ3v) is 3.00. The van der Waals surface area contributed by atoms with Gasteiger partial charge in [-0.15, -0.1) is 0 Å². The van der Waals surface area contributed by atoms with E-state index in [0.29, 0.717) is 0 Å². The fraction of sp³-hybridized carbons (Fsp3) is 0.615. The highest BCUT2D eigenvalue weighted by atomic mass is 16.4. The van der Waals surface area contributed by atoms with Crippen LogP contribution in [0.5, 0.6) is 0 Å². The molecule has 0 aromatic heterocycles. The topological polar surface area (TPSA) is 202 Å². The van der Waals surface area contributed by atoms with Crippen molar-refractivity contribution in [3.8, 4) is 0 Å². The quantitative estimate of drug-likeness (QED) is 0.246. The van der Waals surface area contributed by atoms with E-state index in [1.165, 1.54) is 0 Å². The monoisotopic (exact) mass is 346 g/mol. The van der Waals surface area contributed by atoms with Gasteiger partial charge >= 0.3 is 11.9 Å². The highest BCUT2D eigenvalue weighted by molar-refractivity contribution is 5.95. The summed E-state index contributed by atoms with van der Waals surface area (Å²) in [5.74, 6) is -5.89. The maximum absolute atomic E-state index is 12.1. The van der Waals surface area contributed by atoms with Gasteiger partial charge in [-0.05, 0) is 5.92 Å². The van der Waals surface area contributed by atoms with E-state index in [2.05, 4.69) is 10.6 Å². The summed E-state index contributed by atoms with van der Waals surface area (Å²) in [6, 6.07) is -4.14. The van der Waals surface area contributed by atoms with Crippen LogP contribution in [0, 0.1) is 5.92 Å². The molecule has 0 aromatic carbocycles. The first kappa shape index (κ1) is 21.3. The normalized spacial score (nSPS) is 14.3. The number of hydrogen-bond acceptors (Lipinski definition) is 6. The molecule has 0 spiro atoms. The van der Waals surface area contributed by atoms with E-state index >= 15 is 0 Å². The number of carbonyl (C=O) groups excluding carboxylic acids is 3. The average Bonchev–Trinajstić information content (AvgIpc) is 2.41. The van der Waals surface area contributed by atoms with Crippen molar-refractivity contribution in [2.45, 2.75) is 44.8 Å². The van der Waals surface area contributed by atoms with Crippen LogP contribution in [0.3, 0.4) is 0 Å². The molecule has 24 heavy (non-hydrogen) atoms. The van der Waals surface area contributed by atoms with Gasteiger partial charge in [0.1, 0.15) is 12.1 Å². The minimum Gasteiger partial charge on any atom is -0.481 e. The lowest BCUT2D eigenvalue weighted by atomic mass is 10.0. The minimum absolute atomic E-state index is 0.453. The summed E-state index contributed by atoms with van der Waals surface area (Å²) in [7, 11) is 0. The maximum Gasteiger partial charge on any atom is 0.326 e. The SMILES string of the molecule is CC(C)C(NC(=O)C(CC(N)=O)NC(=O)C(N)CC(=O)O)C(=O)O. The average molecular weight is 346 g/mol. The summed E-state index contributed by atoms with van der Waals surface area (Å²) in [6.07, 6.45) is -1.28. The van der Waals surface area contributed by atoms with Crippen LogP contribution in [0.1, 0.15) is 26.7 Å². The van der Waals surface area contributed by atoms with E-state index in [4.69, 9.17) is 21.7 Å². The van der Waals surface area contributed by atoms with Gasteiger partial charge in [0.2, 0.25) is 17.7 Å². The Balaban J connectivity index is 5.08. The third kappa shape index (κ3) is 7.54. The van der Waals surface area contributed by atoms with Gasteiger partial charge in [-0.2, -0.15) is 0 Å². The van der Waals surface area contributed by atoms with Crippen molar-refractivity contribution in [1.29, 1.82) is 0 Å². The number of carboxylic acid groups (broad SMARTS) is 2. The molecule has 0 aromatic rings. The second-order valence-corrected chi connectivity index (χ2v) is 5.50. The summed E-state index contributed by atoms with van der Waals surface area (Å²) in [6.45, 7) is 3.12. The Morgan fingerprint density at radius 1 is 0.958 bits per heavy atom. The molecule has 0 fully saturated rings. The highest BCUT2D eigenvalue weighted by Crippen LogP contribution is 2.04. The predicted molar refractivity (Wildman–Crippen MR) is 80.4 cm³/mol. The number of carbonyl (C=O) groups is 5. The Morgan fingerprint density at radius 2 is 1.50 bits per heavy atom. The van der Waals surface area contributed by atoms with E-state index in [1.54, 1.807) is 13.8 Å². The lowest BCUT2D eigenvalue weighted by Gasteiger charge is -2.23. The van der Waals surface area contributed by atoms with Crippen LogP contribution in [0.2, 0.25) is 0 Å². The molecule has 0 bridgehead atoms. The number of amides is 3. The predicted octanol–water partition coefficient (Wildman–Crippen LogP) is -2.63. The standard InChI is InChI=1S/C13H22N4O7/c1-5(2)10(13(23)24)17-12(22)7(4-8(15)18)16-11(21)6(14)3-9(19)20/h5-7,10H,3-4,14H2,1-2H3,(H2,15,18)(H,16,21)(H,17,22)(H,19,20)(H,23,24). The lowest BCUT2D eigenvalue weighted by Crippen LogP contribution is -2.56. The number of nitrogens with two attached hydrogens (primary N) is 2. The van der Waals surface area contributed by atoms with Crippen LogP contribution in [-0.2, 0) is 24.0 Å². The van der Waals surface area contributed by atoms with Gasteiger partial charge in [0, 0.05) is 0 Å². The molecule has 11 nitrogen and oxygen atoms in total. The van der Waals surface area contributed by atoms with Gasteiger partial charge in [-0.25, -0.2) is 4.79 Å². The van der Waals surface area contributed by atoms with Crippen molar-refractivity contribution in [1.82, 2.24) is 10.6 Å². The molecule has 3 amide bonds. The molecule has 0 aliphatic rings. The molecule has 0 saturated heterocycles. The van der Waals surface area contributed by atoms with Crippen LogP contribution in [0.15, 0.2) is 0 Å². The number of nitrogens with one attached hydrogen (secondary N) is 2. The molecule has 0 aliphatic heterocycles. The molecule has 3 atom stereocenters. The Morgan fingerprint density at radius 3 is 1.88 bits per heavy atom. The largest absolute Gasteiger partial charge is 0.481 e. The number of hydrogen-bond donors (Lipinski definition) is 6. The van der Waals surface area contributed by atoms with Gasteiger partial charge in [0.05, 0.1) is 18.9 Å². The van der Waals surface area contributed by atoms with Crippen molar-refractivity contribution in [3.05, 3.63) is 0 Å². The summed E-state index contributed by atoms with van der Waals surface area (Å²) in [5.41, 5.74) is 10.4.